The van der Waals surface area contributed by atoms with E-state index in [1.54, 1.807) is 12.4 Å². The van der Waals surface area contributed by atoms with Gasteiger partial charge in [-0.05, 0) is 36.4 Å². The predicted molar refractivity (Wildman–Crippen MR) is 79.4 cm³/mol. The lowest BCUT2D eigenvalue weighted by atomic mass is 10.2. The van der Waals surface area contributed by atoms with Crippen LogP contribution in [0.1, 0.15) is 0 Å². The summed E-state index contributed by atoms with van der Waals surface area (Å²) in [6.45, 7) is 0. The Morgan fingerprint density at radius 2 is 1.20 bits per heavy atom. The Labute approximate surface area is 114 Å². The number of nitrogens with zero attached hydrogens (tertiary/aromatic N) is 2. The molecule has 4 N–H and O–H groups in total. The quantitative estimate of drug-likeness (QED) is 0.429. The highest BCUT2D eigenvalue weighted by atomic mass is 15.4. The smallest absolute Gasteiger partial charge is 0.0651 e. The van der Waals surface area contributed by atoms with Crippen molar-refractivity contribution in [2.24, 2.45) is 0 Å². The lowest BCUT2D eigenvalue weighted by Crippen LogP contribution is -2.08. The van der Waals surface area contributed by atoms with Crippen LogP contribution in [0.15, 0.2) is 48.8 Å². The van der Waals surface area contributed by atoms with Crippen molar-refractivity contribution in [3.8, 4) is 0 Å². The van der Waals surface area contributed by atoms with Gasteiger partial charge in [0, 0.05) is 10.8 Å². The monoisotopic (exact) mass is 264 g/mol. The second-order valence-electron chi connectivity index (χ2n) is 4.59. The fourth-order valence-electron chi connectivity index (χ4n) is 2.19. The minimum absolute atomic E-state index is 0.978. The molecular formula is C14H12N6. The number of aromatic nitrogens is 4. The van der Waals surface area contributed by atoms with Crippen LogP contribution in [0, 0.1) is 0 Å². The fraction of sp³-hybridized carbons (Fsp3) is 0. The Bertz CT molecular complexity index is 801. The molecule has 0 amide bonds. The van der Waals surface area contributed by atoms with Gasteiger partial charge in [0.15, 0.2) is 0 Å². The van der Waals surface area contributed by atoms with Crippen molar-refractivity contribution in [2.45, 2.75) is 0 Å². The first-order valence-corrected chi connectivity index (χ1v) is 6.27. The molecule has 0 radical (unpaired) electrons. The van der Waals surface area contributed by atoms with Gasteiger partial charge in [0.05, 0.1) is 34.8 Å². The van der Waals surface area contributed by atoms with E-state index in [2.05, 4.69) is 31.2 Å². The van der Waals surface area contributed by atoms with E-state index in [0.29, 0.717) is 0 Å². The molecule has 20 heavy (non-hydrogen) atoms. The van der Waals surface area contributed by atoms with E-state index in [-0.39, 0.29) is 0 Å². The van der Waals surface area contributed by atoms with E-state index in [9.17, 15) is 0 Å². The minimum atomic E-state index is 0.978. The van der Waals surface area contributed by atoms with Gasteiger partial charge < -0.3 is 10.9 Å². The third-order valence-corrected chi connectivity index (χ3v) is 3.23. The number of aromatic amines is 2. The number of hydrogen-bond acceptors (Lipinski definition) is 4. The maximum Gasteiger partial charge on any atom is 0.0651 e. The molecule has 4 aromatic rings. The normalized spacial score (nSPS) is 11.0. The van der Waals surface area contributed by atoms with Gasteiger partial charge in [0.1, 0.15) is 0 Å². The van der Waals surface area contributed by atoms with E-state index in [0.717, 1.165) is 33.2 Å². The summed E-state index contributed by atoms with van der Waals surface area (Å²) in [6.07, 6.45) is 3.61. The van der Waals surface area contributed by atoms with Crippen molar-refractivity contribution in [3.63, 3.8) is 0 Å². The van der Waals surface area contributed by atoms with Gasteiger partial charge in [-0.25, -0.2) is 0 Å². The van der Waals surface area contributed by atoms with Crippen molar-refractivity contribution < 1.29 is 0 Å². The summed E-state index contributed by atoms with van der Waals surface area (Å²) < 4.78 is 0. The summed E-state index contributed by atoms with van der Waals surface area (Å²) in [4.78, 5) is 0. The van der Waals surface area contributed by atoms with E-state index < -0.39 is 0 Å². The molecule has 0 spiro atoms. The van der Waals surface area contributed by atoms with Gasteiger partial charge in [-0.2, -0.15) is 10.2 Å². The summed E-state index contributed by atoms with van der Waals surface area (Å²) in [7, 11) is 0. The number of fused-ring (bicyclic) bond motifs is 2. The highest BCUT2D eigenvalue weighted by molar-refractivity contribution is 5.83. The standard InChI is InChI=1S/C14H12N6/c1-3-13-9(7-15-19-13)5-11(1)17-18-12-2-4-14-10(6-12)8-16-20-14/h1-8,17-18H,(H,15,19)(H,16,20). The Morgan fingerprint density at radius 3 is 1.70 bits per heavy atom. The van der Waals surface area contributed by atoms with Crippen LogP contribution in [0.3, 0.4) is 0 Å². The van der Waals surface area contributed by atoms with Crippen LogP contribution in [-0.4, -0.2) is 20.4 Å². The number of hydrogen-bond donors (Lipinski definition) is 4. The van der Waals surface area contributed by atoms with Crippen molar-refractivity contribution >= 4 is 33.2 Å². The van der Waals surface area contributed by atoms with Crippen LogP contribution in [0.25, 0.3) is 21.8 Å². The van der Waals surface area contributed by atoms with Crippen LogP contribution >= 0.6 is 0 Å². The topological polar surface area (TPSA) is 81.4 Å². The number of H-pyrrole nitrogens is 2. The average Bonchev–Trinajstić information content (AvgIpc) is 3.12. The summed E-state index contributed by atoms with van der Waals surface area (Å²) in [5.41, 5.74) is 10.4. The fourth-order valence-corrected chi connectivity index (χ4v) is 2.19. The Hall–Kier alpha value is -3.02. The first-order chi connectivity index (χ1) is 9.88. The molecule has 6 heteroatoms. The number of benzene rings is 2. The molecular weight excluding hydrogens is 252 g/mol. The van der Waals surface area contributed by atoms with Gasteiger partial charge in [0.2, 0.25) is 0 Å². The molecule has 0 fully saturated rings. The van der Waals surface area contributed by atoms with E-state index in [4.69, 9.17) is 0 Å². The Balaban J connectivity index is 1.56. The summed E-state index contributed by atoms with van der Waals surface area (Å²) in [6, 6.07) is 12.0. The molecule has 6 nitrogen and oxygen atoms in total. The first kappa shape index (κ1) is 10.9. The van der Waals surface area contributed by atoms with Crippen LogP contribution in [-0.2, 0) is 0 Å². The molecule has 2 aromatic carbocycles. The maximum atomic E-state index is 4.01. The van der Waals surface area contributed by atoms with Crippen LogP contribution in [0.5, 0.6) is 0 Å². The zero-order valence-corrected chi connectivity index (χ0v) is 10.5. The SMILES string of the molecule is c1cc2[nH]ncc2cc1NNc1ccc2[nH]ncc2c1. The van der Waals surface area contributed by atoms with Crippen molar-refractivity contribution in [1.29, 1.82) is 0 Å². The van der Waals surface area contributed by atoms with Gasteiger partial charge in [0.25, 0.3) is 0 Å². The summed E-state index contributed by atoms with van der Waals surface area (Å²) in [5.74, 6) is 0. The van der Waals surface area contributed by atoms with Crippen LogP contribution < -0.4 is 10.9 Å². The third-order valence-electron chi connectivity index (χ3n) is 3.23. The zero-order valence-electron chi connectivity index (χ0n) is 10.5. The van der Waals surface area contributed by atoms with Crippen molar-refractivity contribution in [1.82, 2.24) is 20.4 Å². The largest absolute Gasteiger partial charge is 0.301 e. The summed E-state index contributed by atoms with van der Waals surface area (Å²) in [5, 5.41) is 16.0. The number of nitrogens with one attached hydrogen (secondary N) is 4. The molecule has 0 aliphatic heterocycles. The molecule has 0 bridgehead atoms. The molecule has 2 aromatic heterocycles. The number of rotatable bonds is 3. The highest BCUT2D eigenvalue weighted by Gasteiger charge is 1.99. The lowest BCUT2D eigenvalue weighted by Gasteiger charge is -2.09. The number of hydrazine groups is 1. The first-order valence-electron chi connectivity index (χ1n) is 6.27. The maximum absolute atomic E-state index is 4.01. The van der Waals surface area contributed by atoms with Crippen molar-refractivity contribution in [2.75, 3.05) is 10.9 Å². The molecule has 0 atom stereocenters. The van der Waals surface area contributed by atoms with E-state index in [1.165, 1.54) is 0 Å². The van der Waals surface area contributed by atoms with Gasteiger partial charge >= 0.3 is 0 Å². The van der Waals surface area contributed by atoms with E-state index in [1.807, 2.05) is 36.4 Å². The zero-order chi connectivity index (χ0) is 13.4. The van der Waals surface area contributed by atoms with Gasteiger partial charge in [-0.1, -0.05) is 0 Å². The summed E-state index contributed by atoms with van der Waals surface area (Å²) >= 11 is 0. The van der Waals surface area contributed by atoms with Gasteiger partial charge in [-0.15, -0.1) is 0 Å². The van der Waals surface area contributed by atoms with Crippen LogP contribution in [0.4, 0.5) is 11.4 Å². The van der Waals surface area contributed by atoms with E-state index >= 15 is 0 Å². The molecule has 0 aliphatic rings. The molecule has 0 aliphatic carbocycles. The van der Waals surface area contributed by atoms with Crippen LogP contribution in [0.2, 0.25) is 0 Å². The Kier molecular flexibility index (Phi) is 2.32. The highest BCUT2D eigenvalue weighted by Crippen LogP contribution is 2.19. The molecule has 0 unspecified atom stereocenters. The molecule has 98 valence electrons. The molecule has 0 saturated heterocycles. The predicted octanol–water partition coefficient (Wildman–Crippen LogP) is 2.88. The molecule has 4 rings (SSSR count). The third kappa shape index (κ3) is 1.83. The molecule has 0 saturated carbocycles. The second kappa shape index (κ2) is 4.27. The average molecular weight is 264 g/mol. The Morgan fingerprint density at radius 1 is 0.700 bits per heavy atom. The minimum Gasteiger partial charge on any atom is -0.301 e. The lowest BCUT2D eigenvalue weighted by molar-refractivity contribution is 1.12. The van der Waals surface area contributed by atoms with Gasteiger partial charge in [-0.3, -0.25) is 10.2 Å². The van der Waals surface area contributed by atoms with Crippen molar-refractivity contribution in [3.05, 3.63) is 48.8 Å². The molecule has 2 heterocycles. The second-order valence-corrected chi connectivity index (χ2v) is 4.59. The number of anilines is 2.